The molecule has 0 aliphatic heterocycles. The molecule has 0 aliphatic carbocycles. The fraction of sp³-hybridized carbons (Fsp3) is 0.500. The molecule has 1 unspecified atom stereocenters. The number of rotatable bonds is 7. The number of carbonyl (C=O) groups is 3. The third-order valence-electron chi connectivity index (χ3n) is 1.98. The molecule has 10 heteroatoms. The standard InChI is InChI=1S/C8H11N5O5/c14-6(3-13-4-9-11-12-13)10-5(8(17)18)1-2-7(15)16/h4-5H,1-3H2,(H,10,14)(H,15,16)(H,17,18). The maximum atomic E-state index is 11.4. The van der Waals surface area contributed by atoms with Crippen molar-refractivity contribution in [2.45, 2.75) is 25.4 Å². The van der Waals surface area contributed by atoms with Gasteiger partial charge in [0.2, 0.25) is 5.91 Å². The van der Waals surface area contributed by atoms with Crippen LogP contribution in [0.25, 0.3) is 0 Å². The molecule has 0 saturated heterocycles. The van der Waals surface area contributed by atoms with Crippen LogP contribution in [0, 0.1) is 0 Å². The number of nitrogens with zero attached hydrogens (tertiary/aromatic N) is 4. The molecular weight excluding hydrogens is 246 g/mol. The molecule has 0 radical (unpaired) electrons. The number of hydrogen-bond acceptors (Lipinski definition) is 6. The van der Waals surface area contributed by atoms with Gasteiger partial charge >= 0.3 is 11.9 Å². The zero-order chi connectivity index (χ0) is 13.5. The number of amides is 1. The van der Waals surface area contributed by atoms with Crippen molar-refractivity contribution in [2.24, 2.45) is 0 Å². The summed E-state index contributed by atoms with van der Waals surface area (Å²) in [5.41, 5.74) is 0. The highest BCUT2D eigenvalue weighted by atomic mass is 16.4. The monoisotopic (exact) mass is 257 g/mol. The lowest BCUT2D eigenvalue weighted by Crippen LogP contribution is -2.42. The number of hydrogen-bond donors (Lipinski definition) is 3. The van der Waals surface area contributed by atoms with Gasteiger partial charge in [-0.2, -0.15) is 0 Å². The van der Waals surface area contributed by atoms with Crippen molar-refractivity contribution in [1.82, 2.24) is 25.5 Å². The lowest BCUT2D eigenvalue weighted by atomic mass is 10.1. The van der Waals surface area contributed by atoms with Crippen molar-refractivity contribution in [3.8, 4) is 0 Å². The molecule has 0 bridgehead atoms. The van der Waals surface area contributed by atoms with Gasteiger partial charge in [0.1, 0.15) is 18.9 Å². The van der Waals surface area contributed by atoms with E-state index in [4.69, 9.17) is 10.2 Å². The summed E-state index contributed by atoms with van der Waals surface area (Å²) in [5.74, 6) is -3.03. The number of carboxylic acid groups (broad SMARTS) is 2. The molecule has 98 valence electrons. The summed E-state index contributed by atoms with van der Waals surface area (Å²) in [6.07, 6.45) is 0.667. The third kappa shape index (κ3) is 4.55. The van der Waals surface area contributed by atoms with Gasteiger partial charge in [-0.15, -0.1) is 5.10 Å². The lowest BCUT2D eigenvalue weighted by Gasteiger charge is -2.12. The number of carboxylic acids is 2. The largest absolute Gasteiger partial charge is 0.481 e. The molecule has 0 saturated carbocycles. The number of nitrogens with one attached hydrogen (secondary N) is 1. The Balaban J connectivity index is 2.47. The third-order valence-corrected chi connectivity index (χ3v) is 1.98. The Hall–Kier alpha value is -2.52. The van der Waals surface area contributed by atoms with Crippen LogP contribution < -0.4 is 5.32 Å². The van der Waals surface area contributed by atoms with Gasteiger partial charge in [0.15, 0.2) is 0 Å². The van der Waals surface area contributed by atoms with E-state index in [1.807, 2.05) is 0 Å². The highest BCUT2D eigenvalue weighted by Gasteiger charge is 2.21. The minimum atomic E-state index is -1.29. The van der Waals surface area contributed by atoms with Gasteiger partial charge in [-0.1, -0.05) is 0 Å². The van der Waals surface area contributed by atoms with E-state index < -0.39 is 23.9 Å². The first-order valence-electron chi connectivity index (χ1n) is 4.93. The van der Waals surface area contributed by atoms with Gasteiger partial charge in [0.25, 0.3) is 0 Å². The van der Waals surface area contributed by atoms with Crippen molar-refractivity contribution < 1.29 is 24.6 Å². The molecule has 1 aromatic heterocycles. The van der Waals surface area contributed by atoms with E-state index in [1.54, 1.807) is 0 Å². The predicted molar refractivity (Wildman–Crippen MR) is 54.3 cm³/mol. The van der Waals surface area contributed by atoms with Crippen molar-refractivity contribution in [2.75, 3.05) is 0 Å². The highest BCUT2D eigenvalue weighted by molar-refractivity contribution is 5.83. The minimum Gasteiger partial charge on any atom is -0.481 e. The van der Waals surface area contributed by atoms with Gasteiger partial charge in [-0.05, 0) is 16.8 Å². The molecule has 0 spiro atoms. The quantitative estimate of drug-likeness (QED) is 0.513. The molecule has 1 rings (SSSR count). The highest BCUT2D eigenvalue weighted by Crippen LogP contribution is 1.98. The van der Waals surface area contributed by atoms with Crippen molar-refractivity contribution in [1.29, 1.82) is 0 Å². The lowest BCUT2D eigenvalue weighted by molar-refractivity contribution is -0.143. The van der Waals surface area contributed by atoms with E-state index in [1.165, 1.54) is 6.33 Å². The minimum absolute atomic E-state index is 0.188. The van der Waals surface area contributed by atoms with Crippen LogP contribution in [0.3, 0.4) is 0 Å². The van der Waals surface area contributed by atoms with E-state index >= 15 is 0 Å². The number of carbonyl (C=O) groups excluding carboxylic acids is 1. The van der Waals surface area contributed by atoms with Gasteiger partial charge < -0.3 is 15.5 Å². The Morgan fingerprint density at radius 2 is 2.06 bits per heavy atom. The molecule has 0 aliphatic rings. The van der Waals surface area contributed by atoms with Crippen LogP contribution in [0.15, 0.2) is 6.33 Å². The first-order valence-corrected chi connectivity index (χ1v) is 4.93. The normalized spacial score (nSPS) is 11.8. The molecule has 3 N–H and O–H groups in total. The summed E-state index contributed by atoms with van der Waals surface area (Å²) < 4.78 is 1.12. The Bertz CT molecular complexity index is 431. The van der Waals surface area contributed by atoms with Crippen LogP contribution in [0.5, 0.6) is 0 Å². The maximum absolute atomic E-state index is 11.4. The molecule has 1 heterocycles. The van der Waals surface area contributed by atoms with Crippen LogP contribution in [0.1, 0.15) is 12.8 Å². The Morgan fingerprint density at radius 3 is 2.56 bits per heavy atom. The zero-order valence-corrected chi connectivity index (χ0v) is 9.18. The first kappa shape index (κ1) is 13.5. The molecule has 18 heavy (non-hydrogen) atoms. The zero-order valence-electron chi connectivity index (χ0n) is 9.18. The van der Waals surface area contributed by atoms with Crippen LogP contribution in [0.2, 0.25) is 0 Å². The van der Waals surface area contributed by atoms with Gasteiger partial charge in [0, 0.05) is 6.42 Å². The molecule has 1 atom stereocenters. The SMILES string of the molecule is O=C(O)CCC(NC(=O)Cn1cnnn1)C(=O)O. The topological polar surface area (TPSA) is 147 Å². The van der Waals surface area contributed by atoms with Crippen molar-refractivity contribution in [3.05, 3.63) is 6.33 Å². The second kappa shape index (κ2) is 6.27. The Morgan fingerprint density at radius 1 is 1.33 bits per heavy atom. The number of tetrazole rings is 1. The fourth-order valence-corrected chi connectivity index (χ4v) is 1.17. The Labute approximate surface area is 101 Å². The summed E-state index contributed by atoms with van der Waals surface area (Å²) in [5, 5.41) is 29.5. The second-order valence-electron chi connectivity index (χ2n) is 3.40. The van der Waals surface area contributed by atoms with Crippen LogP contribution >= 0.6 is 0 Å². The van der Waals surface area contributed by atoms with E-state index in [0.29, 0.717) is 0 Å². The predicted octanol–water partition coefficient (Wildman–Crippen LogP) is -1.89. The molecule has 1 aromatic rings. The van der Waals surface area contributed by atoms with Gasteiger partial charge in [0.05, 0.1) is 0 Å². The molecule has 1 amide bonds. The van der Waals surface area contributed by atoms with Gasteiger partial charge in [-0.25, -0.2) is 9.48 Å². The summed E-state index contributed by atoms with van der Waals surface area (Å²) >= 11 is 0. The Kier molecular flexibility index (Phi) is 4.72. The van der Waals surface area contributed by atoms with Gasteiger partial charge in [-0.3, -0.25) is 9.59 Å². The van der Waals surface area contributed by atoms with E-state index in [2.05, 4.69) is 20.8 Å². The van der Waals surface area contributed by atoms with Crippen molar-refractivity contribution in [3.63, 3.8) is 0 Å². The second-order valence-corrected chi connectivity index (χ2v) is 3.40. The van der Waals surface area contributed by atoms with Crippen molar-refractivity contribution >= 4 is 17.8 Å². The summed E-state index contributed by atoms with van der Waals surface area (Å²) in [6, 6.07) is -1.25. The summed E-state index contributed by atoms with van der Waals surface area (Å²) in [7, 11) is 0. The van der Waals surface area contributed by atoms with Crippen LogP contribution in [-0.2, 0) is 20.9 Å². The molecule has 10 nitrogen and oxygen atoms in total. The average molecular weight is 257 g/mol. The average Bonchev–Trinajstić information content (AvgIpc) is 2.76. The molecule has 0 aromatic carbocycles. The molecular formula is C8H11N5O5. The smallest absolute Gasteiger partial charge is 0.326 e. The number of aromatic nitrogens is 4. The van der Waals surface area contributed by atoms with Crippen LogP contribution in [0.4, 0.5) is 0 Å². The first-order chi connectivity index (χ1) is 8.49. The van der Waals surface area contributed by atoms with E-state index in [0.717, 1.165) is 4.68 Å². The summed E-state index contributed by atoms with van der Waals surface area (Å²) in [6.45, 7) is -0.232. The fourth-order valence-electron chi connectivity index (χ4n) is 1.17. The van der Waals surface area contributed by atoms with Crippen LogP contribution in [-0.4, -0.2) is 54.3 Å². The number of aliphatic carboxylic acids is 2. The van der Waals surface area contributed by atoms with E-state index in [-0.39, 0.29) is 19.4 Å². The maximum Gasteiger partial charge on any atom is 0.326 e. The molecule has 0 fully saturated rings. The summed E-state index contributed by atoms with van der Waals surface area (Å²) in [4.78, 5) is 32.6. The van der Waals surface area contributed by atoms with E-state index in [9.17, 15) is 14.4 Å².